The summed E-state index contributed by atoms with van der Waals surface area (Å²) in [7, 11) is 0. The molecule has 2 aromatic rings. The highest BCUT2D eigenvalue weighted by molar-refractivity contribution is 7.18. The van der Waals surface area contributed by atoms with Gasteiger partial charge in [-0.2, -0.15) is 0 Å². The van der Waals surface area contributed by atoms with E-state index in [1.807, 2.05) is 19.1 Å². The topological polar surface area (TPSA) is 100 Å². The lowest BCUT2D eigenvalue weighted by atomic mass is 9.84. The molecule has 1 heterocycles. The average Bonchev–Trinajstić information content (AvgIpc) is 3.24. The van der Waals surface area contributed by atoms with Crippen LogP contribution in [0.1, 0.15) is 63.3 Å². The Morgan fingerprint density at radius 1 is 1.23 bits per heavy atom. The van der Waals surface area contributed by atoms with Crippen molar-refractivity contribution in [2.24, 2.45) is 5.92 Å². The molecule has 7 nitrogen and oxygen atoms in total. The highest BCUT2D eigenvalue weighted by Crippen LogP contribution is 2.28. The number of nitrogens with one attached hydrogen (secondary N) is 3. The molecule has 35 heavy (non-hydrogen) atoms. The summed E-state index contributed by atoms with van der Waals surface area (Å²) in [5, 5.41) is 10.2. The Balaban J connectivity index is 1.74. The van der Waals surface area contributed by atoms with E-state index in [0.29, 0.717) is 30.3 Å². The van der Waals surface area contributed by atoms with Crippen LogP contribution in [0.15, 0.2) is 30.9 Å². The van der Waals surface area contributed by atoms with Crippen LogP contribution in [-0.2, 0) is 20.8 Å². The molecule has 1 aliphatic carbocycles. The number of fused-ring (bicyclic) bond motifs is 1. The van der Waals surface area contributed by atoms with E-state index in [-0.39, 0.29) is 30.2 Å². The van der Waals surface area contributed by atoms with E-state index < -0.39 is 6.04 Å². The predicted molar refractivity (Wildman–Crippen MR) is 142 cm³/mol. The van der Waals surface area contributed by atoms with E-state index in [9.17, 15) is 14.4 Å². The smallest absolute Gasteiger partial charge is 0.243 e. The Kier molecular flexibility index (Phi) is 10.5. The number of aromatic nitrogens is 1. The second-order valence-corrected chi connectivity index (χ2v) is 10.7. The molecule has 0 bridgehead atoms. The SMILES string of the molecule is C=CC(=O)NC[C@H](CC1CCCCC1)NC(=O)[C@H](Cc1nc2ccc(Cl)cc2s1)NC(=O)CCC. The van der Waals surface area contributed by atoms with Gasteiger partial charge in [0, 0.05) is 30.5 Å². The lowest BCUT2D eigenvalue weighted by Gasteiger charge is -2.28. The van der Waals surface area contributed by atoms with Crippen molar-refractivity contribution in [2.45, 2.75) is 76.8 Å². The number of halogens is 1. The van der Waals surface area contributed by atoms with Gasteiger partial charge in [-0.15, -0.1) is 11.3 Å². The van der Waals surface area contributed by atoms with Gasteiger partial charge in [-0.3, -0.25) is 14.4 Å². The fourth-order valence-electron chi connectivity index (χ4n) is 4.53. The number of carbonyl (C=O) groups is 3. The standard InChI is InChI=1S/C26H35ClN4O3S/c1-3-8-24(33)30-21(15-25-31-20-12-11-18(27)14-22(20)35-25)26(34)29-19(16-28-23(32)4-2)13-17-9-6-5-7-10-17/h4,11-12,14,17,19,21H,2-3,5-10,13,15-16H2,1H3,(H,28,32)(H,29,34)(H,30,33)/t19-,21-/m0/s1. The minimum atomic E-state index is -0.756. The molecule has 2 atom stereocenters. The summed E-state index contributed by atoms with van der Waals surface area (Å²) in [6.07, 6.45) is 9.25. The third kappa shape index (κ3) is 8.61. The Bertz CT molecular complexity index is 1030. The van der Waals surface area contributed by atoms with Gasteiger partial charge >= 0.3 is 0 Å². The van der Waals surface area contributed by atoms with Crippen LogP contribution < -0.4 is 16.0 Å². The molecular weight excluding hydrogens is 484 g/mol. The maximum atomic E-state index is 13.4. The van der Waals surface area contributed by atoms with Crippen LogP contribution in [0.2, 0.25) is 5.02 Å². The first kappa shape index (κ1) is 27.1. The zero-order valence-corrected chi connectivity index (χ0v) is 21.9. The number of hydrogen-bond donors (Lipinski definition) is 3. The second-order valence-electron chi connectivity index (χ2n) is 9.19. The van der Waals surface area contributed by atoms with Gasteiger partial charge in [-0.1, -0.05) is 57.2 Å². The van der Waals surface area contributed by atoms with E-state index in [1.165, 1.54) is 36.7 Å². The number of amides is 3. The quantitative estimate of drug-likeness (QED) is 0.359. The van der Waals surface area contributed by atoms with E-state index in [1.54, 1.807) is 6.07 Å². The van der Waals surface area contributed by atoms with Gasteiger partial charge in [-0.25, -0.2) is 4.98 Å². The van der Waals surface area contributed by atoms with Crippen molar-refractivity contribution >= 4 is 50.9 Å². The Hall–Kier alpha value is -2.45. The van der Waals surface area contributed by atoms with Crippen molar-refractivity contribution in [3.8, 4) is 0 Å². The molecule has 9 heteroatoms. The van der Waals surface area contributed by atoms with Gasteiger partial charge in [0.05, 0.1) is 15.2 Å². The molecule has 1 saturated carbocycles. The van der Waals surface area contributed by atoms with Crippen molar-refractivity contribution in [1.29, 1.82) is 0 Å². The predicted octanol–water partition coefficient (Wildman–Crippen LogP) is 4.53. The summed E-state index contributed by atoms with van der Waals surface area (Å²) in [6.45, 7) is 5.75. The van der Waals surface area contributed by atoms with Crippen molar-refractivity contribution in [2.75, 3.05) is 6.54 Å². The van der Waals surface area contributed by atoms with Gasteiger partial charge in [0.2, 0.25) is 17.7 Å². The second kappa shape index (κ2) is 13.6. The maximum absolute atomic E-state index is 13.4. The molecule has 0 aliphatic heterocycles. The molecule has 0 spiro atoms. The summed E-state index contributed by atoms with van der Waals surface area (Å²) in [6, 6.07) is 4.51. The van der Waals surface area contributed by atoms with Crippen molar-refractivity contribution in [3.63, 3.8) is 0 Å². The summed E-state index contributed by atoms with van der Waals surface area (Å²) < 4.78 is 0.939. The van der Waals surface area contributed by atoms with Gasteiger partial charge < -0.3 is 16.0 Å². The van der Waals surface area contributed by atoms with Gasteiger partial charge in [0.25, 0.3) is 0 Å². The Labute approximate surface area is 216 Å². The van der Waals surface area contributed by atoms with E-state index in [4.69, 9.17) is 11.6 Å². The van der Waals surface area contributed by atoms with Crippen LogP contribution in [0.4, 0.5) is 0 Å². The Morgan fingerprint density at radius 3 is 2.71 bits per heavy atom. The molecule has 3 rings (SSSR count). The van der Waals surface area contributed by atoms with Crippen LogP contribution >= 0.6 is 22.9 Å². The van der Waals surface area contributed by atoms with Crippen LogP contribution in [-0.4, -0.2) is 41.3 Å². The molecule has 0 radical (unpaired) electrons. The number of nitrogens with zero attached hydrogens (tertiary/aromatic N) is 1. The van der Waals surface area contributed by atoms with Crippen LogP contribution in [0.25, 0.3) is 10.2 Å². The molecule has 1 aromatic carbocycles. The van der Waals surface area contributed by atoms with Crippen LogP contribution in [0.5, 0.6) is 0 Å². The number of benzene rings is 1. The van der Waals surface area contributed by atoms with Crippen molar-refractivity contribution < 1.29 is 14.4 Å². The van der Waals surface area contributed by atoms with Gasteiger partial charge in [0.1, 0.15) is 6.04 Å². The minimum Gasteiger partial charge on any atom is -0.351 e. The zero-order valence-electron chi connectivity index (χ0n) is 20.3. The molecule has 1 aromatic heterocycles. The molecule has 1 aliphatic rings. The normalized spacial score (nSPS) is 15.8. The fourth-order valence-corrected chi connectivity index (χ4v) is 5.82. The van der Waals surface area contributed by atoms with Crippen molar-refractivity contribution in [1.82, 2.24) is 20.9 Å². The third-order valence-corrected chi connectivity index (χ3v) is 7.57. The molecule has 0 saturated heterocycles. The number of rotatable bonds is 12. The largest absolute Gasteiger partial charge is 0.351 e. The number of thiazole rings is 1. The van der Waals surface area contributed by atoms with Gasteiger partial charge in [-0.05, 0) is 43.0 Å². The van der Waals surface area contributed by atoms with Crippen LogP contribution in [0.3, 0.4) is 0 Å². The van der Waals surface area contributed by atoms with Crippen LogP contribution in [0, 0.1) is 5.92 Å². The molecule has 0 unspecified atom stereocenters. The highest BCUT2D eigenvalue weighted by atomic mass is 35.5. The summed E-state index contributed by atoms with van der Waals surface area (Å²) in [5.74, 6) is -0.188. The highest BCUT2D eigenvalue weighted by Gasteiger charge is 2.27. The lowest BCUT2D eigenvalue weighted by Crippen LogP contribution is -2.53. The third-order valence-electron chi connectivity index (χ3n) is 6.30. The molecule has 3 amide bonds. The Morgan fingerprint density at radius 2 is 2.00 bits per heavy atom. The average molecular weight is 519 g/mol. The molecular formula is C26H35ClN4O3S. The first-order valence-electron chi connectivity index (χ1n) is 12.4. The van der Waals surface area contributed by atoms with Crippen molar-refractivity contribution in [3.05, 3.63) is 40.9 Å². The van der Waals surface area contributed by atoms with Gasteiger partial charge in [0.15, 0.2) is 0 Å². The molecule has 190 valence electrons. The number of hydrogen-bond acceptors (Lipinski definition) is 5. The first-order valence-corrected chi connectivity index (χ1v) is 13.6. The maximum Gasteiger partial charge on any atom is 0.243 e. The lowest BCUT2D eigenvalue weighted by molar-refractivity contribution is -0.129. The first-order chi connectivity index (χ1) is 16.9. The summed E-state index contributed by atoms with van der Waals surface area (Å²) in [5.41, 5.74) is 0.816. The fraction of sp³-hybridized carbons (Fsp3) is 0.538. The minimum absolute atomic E-state index is 0.166. The molecule has 1 fully saturated rings. The zero-order chi connectivity index (χ0) is 25.2. The summed E-state index contributed by atoms with van der Waals surface area (Å²) in [4.78, 5) is 42.3. The monoisotopic (exact) mass is 518 g/mol. The summed E-state index contributed by atoms with van der Waals surface area (Å²) >= 11 is 7.58. The van der Waals surface area contributed by atoms with E-state index in [2.05, 4.69) is 27.5 Å². The number of carbonyl (C=O) groups excluding carboxylic acids is 3. The molecule has 3 N–H and O–H groups in total. The van der Waals surface area contributed by atoms with E-state index in [0.717, 1.165) is 34.5 Å². The van der Waals surface area contributed by atoms with E-state index >= 15 is 0 Å².